The van der Waals surface area contributed by atoms with Crippen LogP contribution in [0, 0.1) is 5.41 Å². The van der Waals surface area contributed by atoms with Crippen LogP contribution in [0.15, 0.2) is 42.5 Å². The molecule has 7 heteroatoms. The lowest BCUT2D eigenvalue weighted by Crippen LogP contribution is -2.55. The Hall–Kier alpha value is -1.67. The van der Waals surface area contributed by atoms with Gasteiger partial charge in [0.2, 0.25) is 0 Å². The highest BCUT2D eigenvalue weighted by Crippen LogP contribution is 2.41. The first-order valence-electron chi connectivity index (χ1n) is 12.2. The molecular weight excluding hydrogens is 456 g/mol. The third-order valence-electron chi connectivity index (χ3n) is 7.57. The van der Waals surface area contributed by atoms with Crippen LogP contribution in [0.2, 0.25) is 5.02 Å². The Morgan fingerprint density at radius 3 is 2.35 bits per heavy atom. The minimum absolute atomic E-state index is 0.317. The number of aliphatic hydroxyl groups is 4. The summed E-state index contributed by atoms with van der Waals surface area (Å²) >= 11 is 6.46. The van der Waals surface area contributed by atoms with Crippen LogP contribution in [0.4, 0.5) is 0 Å². The maximum absolute atomic E-state index is 10.5. The van der Waals surface area contributed by atoms with Gasteiger partial charge < -0.3 is 29.9 Å². The maximum atomic E-state index is 10.5. The Balaban J connectivity index is 1.44. The van der Waals surface area contributed by atoms with Crippen molar-refractivity contribution in [3.8, 4) is 5.75 Å². The van der Waals surface area contributed by atoms with E-state index in [-0.39, 0.29) is 0 Å². The van der Waals surface area contributed by atoms with Gasteiger partial charge in [0.15, 0.2) is 0 Å². The first kappa shape index (κ1) is 25.4. The van der Waals surface area contributed by atoms with Gasteiger partial charge in [-0.2, -0.15) is 0 Å². The average molecular weight is 491 g/mol. The molecule has 2 fully saturated rings. The monoisotopic (exact) mass is 490 g/mol. The summed E-state index contributed by atoms with van der Waals surface area (Å²) < 4.78 is 11.8. The molecule has 1 saturated heterocycles. The lowest BCUT2D eigenvalue weighted by Gasteiger charge is -2.40. The summed E-state index contributed by atoms with van der Waals surface area (Å²) in [6, 6.07) is 13.3. The first-order chi connectivity index (χ1) is 16.4. The molecule has 1 unspecified atom stereocenters. The van der Waals surface area contributed by atoms with Crippen molar-refractivity contribution in [3.05, 3.63) is 64.2 Å². The molecule has 0 bridgehead atoms. The van der Waals surface area contributed by atoms with Gasteiger partial charge in [-0.25, -0.2) is 0 Å². The second-order valence-electron chi connectivity index (χ2n) is 9.77. The Labute approximate surface area is 206 Å². The second-order valence-corrected chi connectivity index (χ2v) is 10.2. The van der Waals surface area contributed by atoms with Crippen molar-refractivity contribution in [3.63, 3.8) is 0 Å². The number of rotatable bonds is 8. The van der Waals surface area contributed by atoms with Gasteiger partial charge >= 0.3 is 0 Å². The summed E-state index contributed by atoms with van der Waals surface area (Å²) in [6.07, 6.45) is 0.818. The lowest BCUT2D eigenvalue weighted by atomic mass is 9.84. The Kier molecular flexibility index (Phi) is 8.18. The molecule has 0 spiro atoms. The average Bonchev–Trinajstić information content (AvgIpc) is 3.33. The quantitative estimate of drug-likeness (QED) is 0.449. The number of halogens is 1. The Morgan fingerprint density at radius 1 is 1.00 bits per heavy atom. The highest BCUT2D eigenvalue weighted by atomic mass is 35.5. The molecule has 2 aromatic carbocycles. The van der Waals surface area contributed by atoms with Crippen molar-refractivity contribution < 1.29 is 29.9 Å². The fraction of sp³-hybridized carbons (Fsp3) is 0.556. The molecule has 5 atom stereocenters. The van der Waals surface area contributed by atoms with Gasteiger partial charge in [0.05, 0.1) is 13.2 Å². The van der Waals surface area contributed by atoms with E-state index in [1.807, 2.05) is 30.3 Å². The standard InChI is InChI=1S/C27H35ClO6/c1-2-27(11-3-4-12-27)16-33-20-8-5-17(6-9-20)13-19-14-18(7-10-21(19)28)26-25(32)24(31)23(30)22(15-29)34-26/h5-10,14,22-26,29-32H,2-4,11-13,15-16H2,1H3/t22-,23-,24+,25-,26?/m1/s1. The molecule has 4 rings (SSSR count). The molecule has 0 amide bonds. The molecule has 0 aromatic heterocycles. The zero-order chi connectivity index (χ0) is 24.3. The van der Waals surface area contributed by atoms with Crippen molar-refractivity contribution >= 4 is 11.6 Å². The second kappa shape index (κ2) is 10.9. The van der Waals surface area contributed by atoms with E-state index in [4.69, 9.17) is 21.1 Å². The van der Waals surface area contributed by atoms with Crippen LogP contribution < -0.4 is 4.74 Å². The van der Waals surface area contributed by atoms with Gasteiger partial charge in [-0.1, -0.05) is 55.6 Å². The van der Waals surface area contributed by atoms with E-state index in [2.05, 4.69) is 6.92 Å². The van der Waals surface area contributed by atoms with Gasteiger partial charge in [-0.05, 0) is 60.6 Å². The van der Waals surface area contributed by atoms with E-state index in [0.29, 0.717) is 22.4 Å². The highest BCUT2D eigenvalue weighted by Gasteiger charge is 2.44. The van der Waals surface area contributed by atoms with E-state index >= 15 is 0 Å². The third kappa shape index (κ3) is 5.43. The van der Waals surface area contributed by atoms with Crippen LogP contribution >= 0.6 is 11.6 Å². The van der Waals surface area contributed by atoms with Crippen molar-refractivity contribution in [2.45, 2.75) is 76.0 Å². The summed E-state index contributed by atoms with van der Waals surface area (Å²) in [4.78, 5) is 0. The Bertz CT molecular complexity index is 941. The van der Waals surface area contributed by atoms with Crippen molar-refractivity contribution in [1.29, 1.82) is 0 Å². The molecule has 34 heavy (non-hydrogen) atoms. The predicted octanol–water partition coefficient (Wildman–Crippen LogP) is 3.79. The first-order valence-corrected chi connectivity index (χ1v) is 12.5. The molecule has 2 aromatic rings. The van der Waals surface area contributed by atoms with Crippen molar-refractivity contribution in [1.82, 2.24) is 0 Å². The van der Waals surface area contributed by atoms with Gasteiger partial charge in [-0.15, -0.1) is 0 Å². The molecule has 1 aliphatic carbocycles. The van der Waals surface area contributed by atoms with E-state index < -0.39 is 37.1 Å². The van der Waals surface area contributed by atoms with E-state index in [9.17, 15) is 20.4 Å². The largest absolute Gasteiger partial charge is 0.493 e. The fourth-order valence-electron chi connectivity index (χ4n) is 5.17. The molecule has 1 saturated carbocycles. The number of aliphatic hydroxyl groups excluding tert-OH is 4. The molecule has 1 heterocycles. The highest BCUT2D eigenvalue weighted by molar-refractivity contribution is 6.31. The summed E-state index contributed by atoms with van der Waals surface area (Å²) in [6.45, 7) is 2.55. The van der Waals surface area contributed by atoms with Gasteiger partial charge in [-0.3, -0.25) is 0 Å². The zero-order valence-corrected chi connectivity index (χ0v) is 20.3. The number of hydrogen-bond acceptors (Lipinski definition) is 6. The van der Waals surface area contributed by atoms with Gasteiger partial charge in [0.25, 0.3) is 0 Å². The summed E-state index contributed by atoms with van der Waals surface area (Å²) in [7, 11) is 0. The number of benzene rings is 2. The zero-order valence-electron chi connectivity index (χ0n) is 19.6. The van der Waals surface area contributed by atoms with Crippen LogP contribution in [0.25, 0.3) is 0 Å². The number of ether oxygens (including phenoxy) is 2. The van der Waals surface area contributed by atoms with Crippen molar-refractivity contribution in [2.75, 3.05) is 13.2 Å². The van der Waals surface area contributed by atoms with Crippen LogP contribution in [0.5, 0.6) is 5.75 Å². The lowest BCUT2D eigenvalue weighted by molar-refractivity contribution is -0.231. The molecule has 0 radical (unpaired) electrons. The predicted molar refractivity (Wildman–Crippen MR) is 130 cm³/mol. The molecule has 1 aliphatic heterocycles. The van der Waals surface area contributed by atoms with Crippen molar-refractivity contribution in [2.24, 2.45) is 5.41 Å². The van der Waals surface area contributed by atoms with Crippen LogP contribution in [-0.2, 0) is 11.2 Å². The maximum Gasteiger partial charge on any atom is 0.119 e. The summed E-state index contributed by atoms with van der Waals surface area (Å²) in [5.41, 5.74) is 2.85. The van der Waals surface area contributed by atoms with E-state index in [1.165, 1.54) is 25.7 Å². The SMILES string of the molecule is CCC1(COc2ccc(Cc3cc(C4O[C@H](CO)[C@@H](O)[C@H](O)[C@H]4O)ccc3Cl)cc2)CCCC1. The smallest absolute Gasteiger partial charge is 0.119 e. The van der Waals surface area contributed by atoms with Gasteiger partial charge in [0.1, 0.15) is 36.3 Å². The third-order valence-corrected chi connectivity index (χ3v) is 7.94. The molecular formula is C27H35ClO6. The fourth-order valence-corrected chi connectivity index (χ4v) is 5.35. The molecule has 186 valence electrons. The van der Waals surface area contributed by atoms with Crippen LogP contribution in [0.3, 0.4) is 0 Å². The van der Waals surface area contributed by atoms with Gasteiger partial charge in [0, 0.05) is 10.4 Å². The Morgan fingerprint density at radius 2 is 1.71 bits per heavy atom. The molecule has 2 aliphatic rings. The van der Waals surface area contributed by atoms with E-state index in [0.717, 1.165) is 29.9 Å². The molecule has 4 N–H and O–H groups in total. The van der Waals surface area contributed by atoms with E-state index in [1.54, 1.807) is 12.1 Å². The number of hydrogen-bond donors (Lipinski definition) is 4. The summed E-state index contributed by atoms with van der Waals surface area (Å²) in [5.74, 6) is 0.865. The minimum Gasteiger partial charge on any atom is -0.493 e. The van der Waals surface area contributed by atoms with Crippen LogP contribution in [0.1, 0.15) is 61.8 Å². The normalized spacial score (nSPS) is 28.7. The molecule has 6 nitrogen and oxygen atoms in total. The topological polar surface area (TPSA) is 99.4 Å². The summed E-state index contributed by atoms with van der Waals surface area (Å²) in [5, 5.41) is 40.7. The minimum atomic E-state index is -1.42. The van der Waals surface area contributed by atoms with Crippen LogP contribution in [-0.4, -0.2) is 58.1 Å².